The molecule has 0 saturated carbocycles. The van der Waals surface area contributed by atoms with Crippen molar-refractivity contribution in [2.24, 2.45) is 0 Å². The molecule has 1 amide bonds. The Labute approximate surface area is 152 Å². The van der Waals surface area contributed by atoms with Gasteiger partial charge in [0.2, 0.25) is 11.8 Å². The van der Waals surface area contributed by atoms with Crippen molar-refractivity contribution in [3.8, 4) is 11.6 Å². The summed E-state index contributed by atoms with van der Waals surface area (Å²) in [5.74, 6) is 1.71. The molecule has 1 N–H and O–H groups in total. The van der Waals surface area contributed by atoms with E-state index in [4.69, 9.17) is 9.26 Å². The Hall–Kier alpha value is -3.15. The third-order valence-electron chi connectivity index (χ3n) is 4.24. The molecular weight excluding hydrogens is 330 g/mol. The maximum absolute atomic E-state index is 12.2. The van der Waals surface area contributed by atoms with Crippen LogP contribution < -0.4 is 10.1 Å². The Balaban J connectivity index is 1.62. The summed E-state index contributed by atoms with van der Waals surface area (Å²) in [5.41, 5.74) is 4.51. The Morgan fingerprint density at radius 3 is 2.54 bits per heavy atom. The van der Waals surface area contributed by atoms with Crippen LogP contribution in [0.15, 0.2) is 41.1 Å². The van der Waals surface area contributed by atoms with E-state index in [1.54, 1.807) is 25.3 Å². The first-order valence-corrected chi connectivity index (χ1v) is 8.35. The van der Waals surface area contributed by atoms with Crippen molar-refractivity contribution >= 4 is 11.6 Å². The SMILES string of the molecule is Cc1ccc(Oc2ccc(NC(=O)Cc3c(C)noc3C)cn2)cc1C. The van der Waals surface area contributed by atoms with Gasteiger partial charge in [-0.3, -0.25) is 4.79 Å². The zero-order valence-corrected chi connectivity index (χ0v) is 15.3. The molecule has 26 heavy (non-hydrogen) atoms. The highest BCUT2D eigenvalue weighted by atomic mass is 16.5. The highest BCUT2D eigenvalue weighted by Crippen LogP contribution is 2.23. The van der Waals surface area contributed by atoms with Gasteiger partial charge in [0, 0.05) is 11.6 Å². The van der Waals surface area contributed by atoms with E-state index in [-0.39, 0.29) is 12.3 Å². The van der Waals surface area contributed by atoms with Crippen LogP contribution in [0.3, 0.4) is 0 Å². The predicted molar refractivity (Wildman–Crippen MR) is 98.5 cm³/mol. The Kier molecular flexibility index (Phi) is 5.02. The summed E-state index contributed by atoms with van der Waals surface area (Å²) in [4.78, 5) is 16.4. The molecule has 3 aromatic rings. The van der Waals surface area contributed by atoms with Gasteiger partial charge >= 0.3 is 0 Å². The van der Waals surface area contributed by atoms with Gasteiger partial charge in [-0.25, -0.2) is 4.98 Å². The largest absolute Gasteiger partial charge is 0.439 e. The average Bonchev–Trinajstić information content (AvgIpc) is 2.92. The number of ether oxygens (including phenoxy) is 1. The van der Waals surface area contributed by atoms with Crippen LogP contribution in [0.4, 0.5) is 5.69 Å². The number of aryl methyl sites for hydroxylation is 4. The lowest BCUT2D eigenvalue weighted by atomic mass is 10.1. The lowest BCUT2D eigenvalue weighted by molar-refractivity contribution is -0.115. The second kappa shape index (κ2) is 7.39. The third kappa shape index (κ3) is 4.08. The molecule has 1 aromatic carbocycles. The molecule has 2 heterocycles. The Morgan fingerprint density at radius 1 is 1.12 bits per heavy atom. The summed E-state index contributed by atoms with van der Waals surface area (Å²) in [6.45, 7) is 7.70. The molecule has 6 nitrogen and oxygen atoms in total. The smallest absolute Gasteiger partial charge is 0.229 e. The van der Waals surface area contributed by atoms with Crippen LogP contribution in [0.5, 0.6) is 11.6 Å². The number of carbonyl (C=O) groups is 1. The molecular formula is C20H21N3O3. The number of benzene rings is 1. The molecule has 0 saturated heterocycles. The highest BCUT2D eigenvalue weighted by molar-refractivity contribution is 5.92. The quantitative estimate of drug-likeness (QED) is 0.742. The van der Waals surface area contributed by atoms with E-state index in [0.717, 1.165) is 22.6 Å². The van der Waals surface area contributed by atoms with Crippen molar-refractivity contribution in [3.63, 3.8) is 0 Å². The van der Waals surface area contributed by atoms with E-state index in [9.17, 15) is 4.79 Å². The molecule has 3 rings (SSSR count). The van der Waals surface area contributed by atoms with E-state index in [2.05, 4.69) is 22.4 Å². The summed E-state index contributed by atoms with van der Waals surface area (Å²) in [7, 11) is 0. The lowest BCUT2D eigenvalue weighted by Crippen LogP contribution is -2.15. The molecule has 0 radical (unpaired) electrons. The summed E-state index contributed by atoms with van der Waals surface area (Å²) >= 11 is 0. The van der Waals surface area contributed by atoms with Gasteiger partial charge in [0.15, 0.2) is 0 Å². The number of aromatic nitrogens is 2. The van der Waals surface area contributed by atoms with Crippen LogP contribution in [-0.4, -0.2) is 16.0 Å². The molecule has 0 atom stereocenters. The Morgan fingerprint density at radius 2 is 1.92 bits per heavy atom. The lowest BCUT2D eigenvalue weighted by Gasteiger charge is -2.08. The zero-order chi connectivity index (χ0) is 18.7. The molecule has 6 heteroatoms. The molecule has 0 aliphatic heterocycles. The standard InChI is InChI=1S/C20H21N3O3/c1-12-5-7-17(9-13(12)2)25-20-8-6-16(11-21-20)22-19(24)10-18-14(3)23-26-15(18)4/h5-9,11H,10H2,1-4H3,(H,22,24). The maximum Gasteiger partial charge on any atom is 0.229 e. The van der Waals surface area contributed by atoms with E-state index < -0.39 is 0 Å². The highest BCUT2D eigenvalue weighted by Gasteiger charge is 2.13. The van der Waals surface area contributed by atoms with Gasteiger partial charge in [0.1, 0.15) is 11.5 Å². The van der Waals surface area contributed by atoms with Gasteiger partial charge < -0.3 is 14.6 Å². The van der Waals surface area contributed by atoms with Crippen molar-refractivity contribution in [2.75, 3.05) is 5.32 Å². The molecule has 0 aliphatic carbocycles. The van der Waals surface area contributed by atoms with Crippen LogP contribution in [0.25, 0.3) is 0 Å². The van der Waals surface area contributed by atoms with Crippen LogP contribution in [0, 0.1) is 27.7 Å². The minimum absolute atomic E-state index is 0.149. The number of rotatable bonds is 5. The summed E-state index contributed by atoms with van der Waals surface area (Å²) < 4.78 is 10.8. The number of anilines is 1. The van der Waals surface area contributed by atoms with Crippen molar-refractivity contribution in [1.82, 2.24) is 10.1 Å². The van der Waals surface area contributed by atoms with Crippen molar-refractivity contribution in [2.45, 2.75) is 34.1 Å². The van der Waals surface area contributed by atoms with Crippen molar-refractivity contribution in [1.29, 1.82) is 0 Å². The molecule has 2 aromatic heterocycles. The molecule has 0 bridgehead atoms. The average molecular weight is 351 g/mol. The van der Waals surface area contributed by atoms with Crippen molar-refractivity contribution < 1.29 is 14.1 Å². The molecule has 0 aliphatic rings. The fourth-order valence-corrected chi connectivity index (χ4v) is 2.53. The minimum Gasteiger partial charge on any atom is -0.439 e. The number of amides is 1. The first kappa shape index (κ1) is 17.7. The Bertz CT molecular complexity index is 910. The maximum atomic E-state index is 12.2. The van der Waals surface area contributed by atoms with Gasteiger partial charge in [-0.15, -0.1) is 0 Å². The van der Waals surface area contributed by atoms with Crippen LogP contribution in [0.1, 0.15) is 28.1 Å². The number of nitrogens with zero attached hydrogens (tertiary/aromatic N) is 2. The van der Waals surface area contributed by atoms with Gasteiger partial charge in [0.05, 0.1) is 24.0 Å². The van der Waals surface area contributed by atoms with Crippen LogP contribution >= 0.6 is 0 Å². The molecule has 0 fully saturated rings. The second-order valence-electron chi connectivity index (χ2n) is 6.26. The van der Waals surface area contributed by atoms with Crippen molar-refractivity contribution in [3.05, 3.63) is 64.7 Å². The van der Waals surface area contributed by atoms with E-state index >= 15 is 0 Å². The fourth-order valence-electron chi connectivity index (χ4n) is 2.53. The van der Waals surface area contributed by atoms with Crippen LogP contribution in [-0.2, 0) is 11.2 Å². The number of hydrogen-bond donors (Lipinski definition) is 1. The number of hydrogen-bond acceptors (Lipinski definition) is 5. The minimum atomic E-state index is -0.149. The van der Waals surface area contributed by atoms with E-state index in [1.807, 2.05) is 32.0 Å². The van der Waals surface area contributed by atoms with Gasteiger partial charge in [0.25, 0.3) is 0 Å². The first-order valence-electron chi connectivity index (χ1n) is 8.35. The summed E-state index contributed by atoms with van der Waals surface area (Å²) in [5, 5.41) is 6.67. The number of pyridine rings is 1. The van der Waals surface area contributed by atoms with Crippen LogP contribution in [0.2, 0.25) is 0 Å². The van der Waals surface area contributed by atoms with Gasteiger partial charge in [-0.2, -0.15) is 0 Å². The topological polar surface area (TPSA) is 77.2 Å². The number of nitrogens with one attached hydrogen (secondary N) is 1. The second-order valence-corrected chi connectivity index (χ2v) is 6.26. The molecule has 0 spiro atoms. The van der Waals surface area contributed by atoms with E-state index in [1.165, 1.54) is 5.56 Å². The molecule has 134 valence electrons. The predicted octanol–water partition coefficient (Wildman–Crippen LogP) is 4.28. The molecule has 0 unspecified atom stereocenters. The zero-order valence-electron chi connectivity index (χ0n) is 15.3. The third-order valence-corrected chi connectivity index (χ3v) is 4.24. The first-order chi connectivity index (χ1) is 12.4. The van der Waals surface area contributed by atoms with Gasteiger partial charge in [-0.1, -0.05) is 11.2 Å². The fraction of sp³-hybridized carbons (Fsp3) is 0.250. The number of carbonyl (C=O) groups excluding carboxylic acids is 1. The van der Waals surface area contributed by atoms with E-state index in [0.29, 0.717) is 17.3 Å². The van der Waals surface area contributed by atoms with Gasteiger partial charge in [-0.05, 0) is 57.0 Å². The monoisotopic (exact) mass is 351 g/mol. The normalized spacial score (nSPS) is 10.6. The summed E-state index contributed by atoms with van der Waals surface area (Å²) in [6.07, 6.45) is 1.78. The summed E-state index contributed by atoms with van der Waals surface area (Å²) in [6, 6.07) is 9.36.